The molecule has 0 amide bonds. The first-order chi connectivity index (χ1) is 7.82. The summed E-state index contributed by atoms with van der Waals surface area (Å²) in [6.45, 7) is 9.74. The van der Waals surface area contributed by atoms with Crippen LogP contribution < -0.4 is 5.32 Å². The smallest absolute Gasteiger partial charge is 0.320 e. The molecule has 1 aromatic heterocycles. The first kappa shape index (κ1) is 14.1. The minimum atomic E-state index is -0.809. The molecule has 0 aliphatic rings. The normalized spacial score (nSPS) is 14.9. The highest BCUT2D eigenvalue weighted by Crippen LogP contribution is 2.23. The number of nitrogens with one attached hydrogen (secondary N) is 1. The molecule has 4 nitrogen and oxygen atoms in total. The van der Waals surface area contributed by atoms with E-state index in [1.165, 1.54) is 0 Å². The average molecular weight is 256 g/mol. The van der Waals surface area contributed by atoms with Crippen molar-refractivity contribution in [2.75, 3.05) is 0 Å². The number of aryl methyl sites for hydroxylation is 2. The van der Waals surface area contributed by atoms with Gasteiger partial charge >= 0.3 is 5.97 Å². The van der Waals surface area contributed by atoms with Gasteiger partial charge in [0, 0.05) is 10.9 Å². The van der Waals surface area contributed by atoms with Gasteiger partial charge in [0.2, 0.25) is 0 Å². The van der Waals surface area contributed by atoms with Crippen molar-refractivity contribution in [2.24, 2.45) is 5.92 Å². The molecule has 0 aliphatic carbocycles. The first-order valence-corrected chi connectivity index (χ1v) is 6.57. The molecule has 2 N–H and O–H groups in total. The number of carboxylic acid groups (broad SMARTS) is 1. The van der Waals surface area contributed by atoms with Gasteiger partial charge in [-0.25, -0.2) is 4.98 Å². The number of aromatic nitrogens is 1. The molecule has 0 aromatic carbocycles. The van der Waals surface area contributed by atoms with Crippen LogP contribution in [0.25, 0.3) is 0 Å². The number of carboxylic acids is 1. The Hall–Kier alpha value is -0.940. The van der Waals surface area contributed by atoms with E-state index in [-0.39, 0.29) is 12.0 Å². The molecular weight excluding hydrogens is 236 g/mol. The molecule has 2 unspecified atom stereocenters. The summed E-state index contributed by atoms with van der Waals surface area (Å²) in [5, 5.41) is 13.3. The Bertz CT molecular complexity index is 401. The summed E-state index contributed by atoms with van der Waals surface area (Å²) < 4.78 is 0. The van der Waals surface area contributed by atoms with E-state index >= 15 is 0 Å². The molecule has 0 spiro atoms. The molecule has 1 rings (SSSR count). The van der Waals surface area contributed by atoms with Crippen molar-refractivity contribution < 1.29 is 9.90 Å². The lowest BCUT2D eigenvalue weighted by Crippen LogP contribution is -2.42. The van der Waals surface area contributed by atoms with Crippen LogP contribution in [0.2, 0.25) is 0 Å². The zero-order chi connectivity index (χ0) is 13.2. The Balaban J connectivity index is 2.80. The second-order valence-electron chi connectivity index (χ2n) is 4.62. The molecule has 5 heteroatoms. The fourth-order valence-corrected chi connectivity index (χ4v) is 2.76. The summed E-state index contributed by atoms with van der Waals surface area (Å²) in [7, 11) is 0. The van der Waals surface area contributed by atoms with Crippen LogP contribution in [0.15, 0.2) is 0 Å². The number of hydrogen-bond donors (Lipinski definition) is 2. The van der Waals surface area contributed by atoms with Crippen molar-refractivity contribution in [3.05, 3.63) is 15.6 Å². The second kappa shape index (κ2) is 5.60. The molecule has 1 heterocycles. The molecule has 17 heavy (non-hydrogen) atoms. The quantitative estimate of drug-likeness (QED) is 0.849. The second-order valence-corrected chi connectivity index (χ2v) is 6.03. The van der Waals surface area contributed by atoms with Crippen molar-refractivity contribution in [1.29, 1.82) is 0 Å². The van der Waals surface area contributed by atoms with E-state index in [1.807, 2.05) is 34.6 Å². The summed E-state index contributed by atoms with van der Waals surface area (Å²) in [5.41, 5.74) is 0.958. The predicted molar refractivity (Wildman–Crippen MR) is 69.4 cm³/mol. The van der Waals surface area contributed by atoms with Crippen LogP contribution >= 0.6 is 11.3 Å². The number of hydrogen-bond acceptors (Lipinski definition) is 4. The zero-order valence-electron chi connectivity index (χ0n) is 10.9. The van der Waals surface area contributed by atoms with Crippen LogP contribution in [-0.4, -0.2) is 22.1 Å². The van der Waals surface area contributed by atoms with Gasteiger partial charge in [-0.05, 0) is 26.7 Å². The SMILES string of the molecule is Cc1nc(C(C)NC(C(=O)O)C(C)C)c(C)s1. The fourth-order valence-electron chi connectivity index (χ4n) is 1.84. The Morgan fingerprint density at radius 2 is 1.94 bits per heavy atom. The van der Waals surface area contributed by atoms with Gasteiger partial charge in [0.25, 0.3) is 0 Å². The van der Waals surface area contributed by atoms with Crippen molar-refractivity contribution in [3.8, 4) is 0 Å². The Morgan fingerprint density at radius 1 is 1.35 bits per heavy atom. The number of rotatable bonds is 5. The van der Waals surface area contributed by atoms with Crippen molar-refractivity contribution in [2.45, 2.75) is 46.7 Å². The van der Waals surface area contributed by atoms with E-state index in [9.17, 15) is 4.79 Å². The molecule has 96 valence electrons. The Kier molecular flexibility index (Phi) is 4.65. The highest BCUT2D eigenvalue weighted by Gasteiger charge is 2.25. The Morgan fingerprint density at radius 3 is 2.29 bits per heavy atom. The number of nitrogens with zero attached hydrogens (tertiary/aromatic N) is 1. The van der Waals surface area contributed by atoms with Gasteiger partial charge in [-0.3, -0.25) is 10.1 Å². The fraction of sp³-hybridized carbons (Fsp3) is 0.667. The van der Waals surface area contributed by atoms with Crippen molar-refractivity contribution in [3.63, 3.8) is 0 Å². The minimum Gasteiger partial charge on any atom is -0.480 e. The maximum Gasteiger partial charge on any atom is 0.320 e. The van der Waals surface area contributed by atoms with E-state index in [1.54, 1.807) is 11.3 Å². The summed E-state index contributed by atoms with van der Waals surface area (Å²) in [4.78, 5) is 16.7. The van der Waals surface area contributed by atoms with E-state index in [0.29, 0.717) is 0 Å². The monoisotopic (exact) mass is 256 g/mol. The molecule has 0 aliphatic heterocycles. The van der Waals surface area contributed by atoms with Crippen LogP contribution in [-0.2, 0) is 4.79 Å². The van der Waals surface area contributed by atoms with E-state index in [4.69, 9.17) is 5.11 Å². The third kappa shape index (κ3) is 3.51. The molecule has 0 saturated heterocycles. The van der Waals surface area contributed by atoms with E-state index in [2.05, 4.69) is 10.3 Å². The van der Waals surface area contributed by atoms with Crippen molar-refractivity contribution in [1.82, 2.24) is 10.3 Å². The minimum absolute atomic E-state index is 0.0385. The Labute approximate surface area is 106 Å². The average Bonchev–Trinajstić information content (AvgIpc) is 2.53. The standard InChI is InChI=1S/C12H20N2O2S/c1-6(2)10(12(15)16)13-7(3)11-8(4)17-9(5)14-11/h6-7,10,13H,1-5H3,(H,15,16). The van der Waals surface area contributed by atoms with Crippen LogP contribution in [0.4, 0.5) is 0 Å². The number of thiazole rings is 1. The summed E-state index contributed by atoms with van der Waals surface area (Å²) in [6.07, 6.45) is 0. The van der Waals surface area contributed by atoms with Crippen LogP contribution in [0.3, 0.4) is 0 Å². The molecule has 0 radical (unpaired) electrons. The third-order valence-corrected chi connectivity index (χ3v) is 3.61. The van der Waals surface area contributed by atoms with Crippen LogP contribution in [0.5, 0.6) is 0 Å². The largest absolute Gasteiger partial charge is 0.480 e. The lowest BCUT2D eigenvalue weighted by atomic mass is 10.0. The summed E-state index contributed by atoms with van der Waals surface area (Å²) in [5.74, 6) is -0.758. The maximum atomic E-state index is 11.1. The molecule has 0 fully saturated rings. The van der Waals surface area contributed by atoms with E-state index in [0.717, 1.165) is 15.6 Å². The van der Waals surface area contributed by atoms with Crippen LogP contribution in [0, 0.1) is 19.8 Å². The van der Waals surface area contributed by atoms with Crippen molar-refractivity contribution >= 4 is 17.3 Å². The zero-order valence-corrected chi connectivity index (χ0v) is 11.8. The highest BCUT2D eigenvalue weighted by molar-refractivity contribution is 7.11. The number of aliphatic carboxylic acids is 1. The molecular formula is C12H20N2O2S. The molecule has 1 aromatic rings. The van der Waals surface area contributed by atoms with Gasteiger partial charge in [-0.15, -0.1) is 11.3 Å². The predicted octanol–water partition coefficient (Wildman–Crippen LogP) is 2.52. The van der Waals surface area contributed by atoms with Gasteiger partial charge in [-0.1, -0.05) is 13.8 Å². The molecule has 2 atom stereocenters. The van der Waals surface area contributed by atoms with Gasteiger partial charge < -0.3 is 5.11 Å². The lowest BCUT2D eigenvalue weighted by Gasteiger charge is -2.22. The molecule has 0 saturated carbocycles. The topological polar surface area (TPSA) is 62.2 Å². The van der Waals surface area contributed by atoms with Gasteiger partial charge in [0.05, 0.1) is 10.7 Å². The summed E-state index contributed by atoms with van der Waals surface area (Å²) >= 11 is 1.64. The van der Waals surface area contributed by atoms with Gasteiger partial charge in [0.1, 0.15) is 6.04 Å². The number of carbonyl (C=O) groups is 1. The molecule has 0 bridgehead atoms. The lowest BCUT2D eigenvalue weighted by molar-refractivity contribution is -0.140. The van der Waals surface area contributed by atoms with Crippen LogP contribution in [0.1, 0.15) is 42.4 Å². The first-order valence-electron chi connectivity index (χ1n) is 5.75. The maximum absolute atomic E-state index is 11.1. The van der Waals surface area contributed by atoms with E-state index < -0.39 is 12.0 Å². The third-order valence-electron chi connectivity index (χ3n) is 2.71. The van der Waals surface area contributed by atoms with Gasteiger partial charge in [0.15, 0.2) is 0 Å². The highest BCUT2D eigenvalue weighted by atomic mass is 32.1. The van der Waals surface area contributed by atoms with Gasteiger partial charge in [-0.2, -0.15) is 0 Å². The summed E-state index contributed by atoms with van der Waals surface area (Å²) in [6, 6.07) is -0.574.